The average Bonchev–Trinajstić information content (AvgIpc) is 2.44. The van der Waals surface area contributed by atoms with Crippen LogP contribution in [0.1, 0.15) is 54.4 Å². The molecule has 1 aromatic rings. The standard InChI is InChI=1S/C17H23NO3/c19-16(18-12-6-2-1-3-7-13-18)11-10-14-8-4-5-9-15(14)17(20)21/h4-5,8-9H,1-3,6-7,10-13H2,(H,20,21). The largest absolute Gasteiger partial charge is 0.478 e. The summed E-state index contributed by atoms with van der Waals surface area (Å²) >= 11 is 0. The van der Waals surface area contributed by atoms with Crippen molar-refractivity contribution in [2.45, 2.75) is 44.9 Å². The van der Waals surface area contributed by atoms with Gasteiger partial charge in [-0.3, -0.25) is 4.79 Å². The van der Waals surface area contributed by atoms with E-state index in [4.69, 9.17) is 5.11 Å². The molecule has 1 aliphatic heterocycles. The van der Waals surface area contributed by atoms with Crippen molar-refractivity contribution >= 4 is 11.9 Å². The molecule has 0 unspecified atom stereocenters. The summed E-state index contributed by atoms with van der Waals surface area (Å²) in [6, 6.07) is 6.93. The second kappa shape index (κ2) is 7.81. The van der Waals surface area contributed by atoms with E-state index in [1.54, 1.807) is 18.2 Å². The van der Waals surface area contributed by atoms with Gasteiger partial charge in [-0.15, -0.1) is 0 Å². The summed E-state index contributed by atoms with van der Waals surface area (Å²) in [7, 11) is 0. The molecule has 0 aliphatic carbocycles. The Morgan fingerprint density at radius 3 is 2.29 bits per heavy atom. The minimum atomic E-state index is -0.927. The van der Waals surface area contributed by atoms with E-state index in [1.165, 1.54) is 19.3 Å². The van der Waals surface area contributed by atoms with Gasteiger partial charge in [0.2, 0.25) is 5.91 Å². The second-order valence-corrected chi connectivity index (χ2v) is 5.61. The molecule has 4 nitrogen and oxygen atoms in total. The molecule has 1 amide bonds. The molecule has 0 bridgehead atoms. The lowest BCUT2D eigenvalue weighted by atomic mass is 10.0. The first-order valence-electron chi connectivity index (χ1n) is 7.77. The van der Waals surface area contributed by atoms with Gasteiger partial charge in [-0.05, 0) is 30.9 Å². The lowest BCUT2D eigenvalue weighted by Crippen LogP contribution is -2.34. The van der Waals surface area contributed by atoms with Crippen LogP contribution in [-0.2, 0) is 11.2 Å². The maximum atomic E-state index is 12.3. The van der Waals surface area contributed by atoms with Gasteiger partial charge >= 0.3 is 5.97 Å². The van der Waals surface area contributed by atoms with Gasteiger partial charge in [-0.1, -0.05) is 37.5 Å². The number of carbonyl (C=O) groups excluding carboxylic acids is 1. The molecule has 1 aliphatic rings. The fourth-order valence-electron chi connectivity index (χ4n) is 2.84. The van der Waals surface area contributed by atoms with Crippen LogP contribution in [0.15, 0.2) is 24.3 Å². The number of likely N-dealkylation sites (tertiary alicyclic amines) is 1. The molecular weight excluding hydrogens is 266 g/mol. The molecule has 0 aromatic heterocycles. The first-order chi connectivity index (χ1) is 10.2. The van der Waals surface area contributed by atoms with Crippen LogP contribution in [0.2, 0.25) is 0 Å². The minimum Gasteiger partial charge on any atom is -0.478 e. The smallest absolute Gasteiger partial charge is 0.335 e. The number of carboxylic acid groups (broad SMARTS) is 1. The number of carboxylic acids is 1. The quantitative estimate of drug-likeness (QED) is 0.926. The molecule has 0 radical (unpaired) electrons. The van der Waals surface area contributed by atoms with E-state index in [0.29, 0.717) is 18.4 Å². The van der Waals surface area contributed by atoms with Gasteiger partial charge in [0.1, 0.15) is 0 Å². The summed E-state index contributed by atoms with van der Waals surface area (Å²) in [5.74, 6) is -0.776. The van der Waals surface area contributed by atoms with Gasteiger partial charge in [0, 0.05) is 19.5 Å². The summed E-state index contributed by atoms with van der Waals surface area (Å²) in [4.78, 5) is 25.4. The average molecular weight is 289 g/mol. The predicted molar refractivity (Wildman–Crippen MR) is 81.4 cm³/mol. The molecule has 1 fully saturated rings. The van der Waals surface area contributed by atoms with Crippen LogP contribution < -0.4 is 0 Å². The van der Waals surface area contributed by atoms with E-state index in [9.17, 15) is 9.59 Å². The molecule has 0 atom stereocenters. The van der Waals surface area contributed by atoms with Crippen molar-refractivity contribution in [2.75, 3.05) is 13.1 Å². The highest BCUT2D eigenvalue weighted by Gasteiger charge is 2.16. The third kappa shape index (κ3) is 4.59. The van der Waals surface area contributed by atoms with Gasteiger partial charge in [-0.25, -0.2) is 4.79 Å². The molecule has 2 rings (SSSR count). The van der Waals surface area contributed by atoms with Gasteiger partial charge < -0.3 is 10.0 Å². The molecule has 1 saturated heterocycles. The Kier molecular flexibility index (Phi) is 5.78. The number of rotatable bonds is 4. The van der Waals surface area contributed by atoms with Crippen molar-refractivity contribution in [2.24, 2.45) is 0 Å². The summed E-state index contributed by atoms with van der Waals surface area (Å²) < 4.78 is 0. The van der Waals surface area contributed by atoms with Gasteiger partial charge in [0.15, 0.2) is 0 Å². The molecule has 0 saturated carbocycles. The summed E-state index contributed by atoms with van der Waals surface area (Å²) in [6.07, 6.45) is 6.72. The van der Waals surface area contributed by atoms with Crippen molar-refractivity contribution in [3.05, 3.63) is 35.4 Å². The Balaban J connectivity index is 1.92. The van der Waals surface area contributed by atoms with E-state index in [1.807, 2.05) is 11.0 Å². The number of hydrogen-bond donors (Lipinski definition) is 1. The number of aromatic carboxylic acids is 1. The van der Waals surface area contributed by atoms with Crippen molar-refractivity contribution in [3.63, 3.8) is 0 Å². The van der Waals surface area contributed by atoms with Crippen LogP contribution >= 0.6 is 0 Å². The van der Waals surface area contributed by atoms with Crippen molar-refractivity contribution in [1.29, 1.82) is 0 Å². The number of carbonyl (C=O) groups is 2. The van der Waals surface area contributed by atoms with Crippen molar-refractivity contribution in [3.8, 4) is 0 Å². The topological polar surface area (TPSA) is 57.6 Å². The lowest BCUT2D eigenvalue weighted by Gasteiger charge is -2.25. The van der Waals surface area contributed by atoms with E-state index in [-0.39, 0.29) is 5.91 Å². The number of amides is 1. The third-order valence-electron chi connectivity index (χ3n) is 4.06. The first kappa shape index (κ1) is 15.5. The van der Waals surface area contributed by atoms with E-state index in [2.05, 4.69) is 0 Å². The van der Waals surface area contributed by atoms with Gasteiger partial charge in [-0.2, -0.15) is 0 Å². The maximum absolute atomic E-state index is 12.3. The van der Waals surface area contributed by atoms with Crippen LogP contribution in [0.4, 0.5) is 0 Å². The van der Waals surface area contributed by atoms with E-state index < -0.39 is 5.97 Å². The van der Waals surface area contributed by atoms with Crippen molar-refractivity contribution in [1.82, 2.24) is 4.90 Å². The fraction of sp³-hybridized carbons (Fsp3) is 0.529. The molecule has 0 spiro atoms. The molecule has 114 valence electrons. The Morgan fingerprint density at radius 1 is 1.00 bits per heavy atom. The molecule has 4 heteroatoms. The summed E-state index contributed by atoms with van der Waals surface area (Å²) in [5.41, 5.74) is 1.04. The zero-order valence-corrected chi connectivity index (χ0v) is 12.4. The van der Waals surface area contributed by atoms with Gasteiger partial charge in [0.05, 0.1) is 5.56 Å². The second-order valence-electron chi connectivity index (χ2n) is 5.61. The SMILES string of the molecule is O=C(O)c1ccccc1CCC(=O)N1CCCCCCC1. The zero-order valence-electron chi connectivity index (χ0n) is 12.4. The highest BCUT2D eigenvalue weighted by molar-refractivity contribution is 5.89. The molecule has 1 N–H and O–H groups in total. The minimum absolute atomic E-state index is 0.150. The molecule has 21 heavy (non-hydrogen) atoms. The summed E-state index contributed by atoms with van der Waals surface area (Å²) in [6.45, 7) is 1.69. The Hall–Kier alpha value is -1.84. The van der Waals surface area contributed by atoms with Crippen LogP contribution in [0.3, 0.4) is 0 Å². The lowest BCUT2D eigenvalue weighted by molar-refractivity contribution is -0.131. The fourth-order valence-corrected chi connectivity index (χ4v) is 2.84. The van der Waals surface area contributed by atoms with Crippen LogP contribution in [0.5, 0.6) is 0 Å². The monoisotopic (exact) mass is 289 g/mol. The van der Waals surface area contributed by atoms with Crippen LogP contribution in [-0.4, -0.2) is 35.0 Å². The number of aryl methyl sites for hydroxylation is 1. The highest BCUT2D eigenvalue weighted by Crippen LogP contribution is 2.14. The van der Waals surface area contributed by atoms with Crippen molar-refractivity contribution < 1.29 is 14.7 Å². The first-order valence-corrected chi connectivity index (χ1v) is 7.77. The van der Waals surface area contributed by atoms with Crippen LogP contribution in [0.25, 0.3) is 0 Å². The number of benzene rings is 1. The third-order valence-corrected chi connectivity index (χ3v) is 4.06. The highest BCUT2D eigenvalue weighted by atomic mass is 16.4. The Morgan fingerprint density at radius 2 is 1.62 bits per heavy atom. The summed E-state index contributed by atoms with van der Waals surface area (Å²) in [5, 5.41) is 9.15. The maximum Gasteiger partial charge on any atom is 0.335 e. The number of nitrogens with zero attached hydrogens (tertiary/aromatic N) is 1. The van der Waals surface area contributed by atoms with E-state index >= 15 is 0 Å². The van der Waals surface area contributed by atoms with Gasteiger partial charge in [0.25, 0.3) is 0 Å². The van der Waals surface area contributed by atoms with E-state index in [0.717, 1.165) is 31.5 Å². The van der Waals surface area contributed by atoms with Crippen LogP contribution in [0, 0.1) is 0 Å². The molecular formula is C17H23NO3. The normalized spacial score (nSPS) is 16.1. The molecule has 1 heterocycles. The zero-order chi connectivity index (χ0) is 15.1. The molecule has 1 aromatic carbocycles. The number of hydrogen-bond acceptors (Lipinski definition) is 2. The Labute approximate surface area is 125 Å². The predicted octanol–water partition coefficient (Wildman–Crippen LogP) is 3.11. The Bertz CT molecular complexity index is 491.